The standard InChI is InChI=1S/C8H11F3N4/c1-4-5(2-3-8(9,10)11)14-7(13)15-6(4)12/h2-3H2,1H3,(H4,12,13,14,15). The largest absolute Gasteiger partial charge is 0.389 e. The molecule has 1 aromatic heterocycles. The summed E-state index contributed by atoms with van der Waals surface area (Å²) in [5.74, 6) is 0.0231. The fraction of sp³-hybridized carbons (Fsp3) is 0.500. The molecule has 84 valence electrons. The molecule has 0 fully saturated rings. The Bertz CT molecular complexity index is 362. The molecule has 0 radical (unpaired) electrons. The van der Waals surface area contributed by atoms with Crippen LogP contribution in [0.2, 0.25) is 0 Å². The Kier molecular flexibility index (Phi) is 3.01. The molecular weight excluding hydrogens is 209 g/mol. The maximum atomic E-state index is 12.0. The Morgan fingerprint density at radius 3 is 2.33 bits per heavy atom. The Hall–Kier alpha value is -1.53. The number of rotatable bonds is 2. The Labute approximate surface area is 84.5 Å². The fourth-order valence-corrected chi connectivity index (χ4v) is 1.11. The van der Waals surface area contributed by atoms with E-state index in [1.165, 1.54) is 0 Å². The first kappa shape index (κ1) is 11.5. The van der Waals surface area contributed by atoms with Gasteiger partial charge in [-0.15, -0.1) is 0 Å². The number of aryl methyl sites for hydroxylation is 1. The summed E-state index contributed by atoms with van der Waals surface area (Å²) in [6.07, 6.45) is -5.38. The molecule has 1 aromatic rings. The van der Waals surface area contributed by atoms with E-state index in [-0.39, 0.29) is 23.9 Å². The summed E-state index contributed by atoms with van der Waals surface area (Å²) in [6, 6.07) is 0. The van der Waals surface area contributed by atoms with Crippen LogP contribution in [0.4, 0.5) is 24.9 Å². The van der Waals surface area contributed by atoms with Crippen molar-refractivity contribution in [1.82, 2.24) is 9.97 Å². The number of aromatic nitrogens is 2. The molecule has 1 heterocycles. The molecule has 0 aliphatic rings. The molecule has 4 N–H and O–H groups in total. The third-order valence-corrected chi connectivity index (χ3v) is 1.95. The van der Waals surface area contributed by atoms with E-state index in [0.29, 0.717) is 5.56 Å². The highest BCUT2D eigenvalue weighted by Gasteiger charge is 2.27. The van der Waals surface area contributed by atoms with Crippen LogP contribution in [0.25, 0.3) is 0 Å². The molecule has 0 aromatic carbocycles. The third kappa shape index (κ3) is 3.26. The van der Waals surface area contributed by atoms with Crippen molar-refractivity contribution in [1.29, 1.82) is 0 Å². The van der Waals surface area contributed by atoms with Gasteiger partial charge in [-0.05, 0) is 13.3 Å². The number of hydrogen-bond acceptors (Lipinski definition) is 4. The van der Waals surface area contributed by atoms with Crippen LogP contribution in [-0.4, -0.2) is 16.1 Å². The second-order valence-corrected chi connectivity index (χ2v) is 3.15. The number of nitrogen functional groups attached to an aromatic ring is 2. The summed E-state index contributed by atoms with van der Waals surface area (Å²) >= 11 is 0. The van der Waals surface area contributed by atoms with E-state index < -0.39 is 12.6 Å². The summed E-state index contributed by atoms with van der Waals surface area (Å²) in [5.41, 5.74) is 11.4. The minimum absolute atomic E-state index is 0.102. The summed E-state index contributed by atoms with van der Waals surface area (Å²) < 4.78 is 35.9. The molecule has 1 rings (SSSR count). The Morgan fingerprint density at radius 2 is 1.80 bits per heavy atom. The average molecular weight is 220 g/mol. The number of hydrogen-bond donors (Lipinski definition) is 2. The number of halogens is 3. The summed E-state index contributed by atoms with van der Waals surface area (Å²) in [4.78, 5) is 7.36. The number of nitrogens with zero attached hydrogens (tertiary/aromatic N) is 2. The van der Waals surface area contributed by atoms with Crippen LogP contribution in [0.3, 0.4) is 0 Å². The van der Waals surface area contributed by atoms with Gasteiger partial charge in [0, 0.05) is 12.0 Å². The zero-order chi connectivity index (χ0) is 11.6. The maximum absolute atomic E-state index is 12.0. The van der Waals surface area contributed by atoms with Gasteiger partial charge in [0.05, 0.1) is 5.69 Å². The van der Waals surface area contributed by atoms with Gasteiger partial charge in [-0.1, -0.05) is 0 Å². The minimum atomic E-state index is -4.21. The predicted octanol–water partition coefficient (Wildman–Crippen LogP) is 1.44. The van der Waals surface area contributed by atoms with Crippen molar-refractivity contribution in [2.45, 2.75) is 25.9 Å². The normalized spacial score (nSPS) is 11.7. The second-order valence-electron chi connectivity index (χ2n) is 3.15. The van der Waals surface area contributed by atoms with Gasteiger partial charge in [0.25, 0.3) is 0 Å². The number of nitrogens with two attached hydrogens (primary N) is 2. The van der Waals surface area contributed by atoms with Gasteiger partial charge < -0.3 is 11.5 Å². The zero-order valence-corrected chi connectivity index (χ0v) is 8.10. The van der Waals surface area contributed by atoms with E-state index in [0.717, 1.165) is 0 Å². The monoisotopic (exact) mass is 220 g/mol. The molecule has 15 heavy (non-hydrogen) atoms. The topological polar surface area (TPSA) is 77.8 Å². The van der Waals surface area contributed by atoms with Gasteiger partial charge in [0.15, 0.2) is 0 Å². The minimum Gasteiger partial charge on any atom is -0.383 e. The Balaban J connectivity index is 2.86. The van der Waals surface area contributed by atoms with Crippen molar-refractivity contribution in [3.05, 3.63) is 11.3 Å². The highest BCUT2D eigenvalue weighted by atomic mass is 19.4. The molecule has 0 aliphatic heterocycles. The molecule has 0 aliphatic carbocycles. The summed E-state index contributed by atoms with van der Waals surface area (Å²) in [6.45, 7) is 1.57. The van der Waals surface area contributed by atoms with Crippen LogP contribution >= 0.6 is 0 Å². The number of alkyl halides is 3. The lowest BCUT2D eigenvalue weighted by Crippen LogP contribution is -2.12. The Morgan fingerprint density at radius 1 is 1.20 bits per heavy atom. The molecule has 4 nitrogen and oxygen atoms in total. The van der Waals surface area contributed by atoms with Gasteiger partial charge in [0.2, 0.25) is 5.95 Å². The van der Waals surface area contributed by atoms with Gasteiger partial charge in [-0.3, -0.25) is 0 Å². The molecule has 0 unspecified atom stereocenters. The van der Waals surface area contributed by atoms with Crippen molar-refractivity contribution in [3.8, 4) is 0 Å². The average Bonchev–Trinajstić information content (AvgIpc) is 2.07. The predicted molar refractivity (Wildman–Crippen MR) is 50.0 cm³/mol. The lowest BCUT2D eigenvalue weighted by molar-refractivity contribution is -0.134. The van der Waals surface area contributed by atoms with Crippen LogP contribution in [-0.2, 0) is 6.42 Å². The second kappa shape index (κ2) is 3.92. The summed E-state index contributed by atoms with van der Waals surface area (Å²) in [7, 11) is 0. The maximum Gasteiger partial charge on any atom is 0.389 e. The van der Waals surface area contributed by atoms with Crippen molar-refractivity contribution in [2.75, 3.05) is 11.5 Å². The highest BCUT2D eigenvalue weighted by molar-refractivity contribution is 5.44. The first-order valence-electron chi connectivity index (χ1n) is 4.25. The van der Waals surface area contributed by atoms with Gasteiger partial charge >= 0.3 is 6.18 Å². The molecule has 7 heteroatoms. The smallest absolute Gasteiger partial charge is 0.383 e. The van der Waals surface area contributed by atoms with Crippen molar-refractivity contribution in [3.63, 3.8) is 0 Å². The molecule has 0 atom stereocenters. The summed E-state index contributed by atoms with van der Waals surface area (Å²) in [5, 5.41) is 0. The van der Waals surface area contributed by atoms with Gasteiger partial charge in [-0.2, -0.15) is 18.2 Å². The van der Waals surface area contributed by atoms with Crippen molar-refractivity contribution in [2.24, 2.45) is 0 Å². The zero-order valence-electron chi connectivity index (χ0n) is 8.10. The van der Waals surface area contributed by atoms with Crippen LogP contribution in [0.15, 0.2) is 0 Å². The highest BCUT2D eigenvalue weighted by Crippen LogP contribution is 2.23. The first-order chi connectivity index (χ1) is 6.79. The van der Waals surface area contributed by atoms with Crippen molar-refractivity contribution >= 4 is 11.8 Å². The molecule has 0 saturated heterocycles. The van der Waals surface area contributed by atoms with Crippen LogP contribution < -0.4 is 11.5 Å². The quantitative estimate of drug-likeness (QED) is 0.790. The van der Waals surface area contributed by atoms with Gasteiger partial charge in [0.1, 0.15) is 5.82 Å². The van der Waals surface area contributed by atoms with Crippen LogP contribution in [0.5, 0.6) is 0 Å². The van der Waals surface area contributed by atoms with E-state index in [1.807, 2.05) is 0 Å². The van der Waals surface area contributed by atoms with Gasteiger partial charge in [-0.25, -0.2) is 4.98 Å². The van der Waals surface area contributed by atoms with Crippen LogP contribution in [0, 0.1) is 6.92 Å². The third-order valence-electron chi connectivity index (χ3n) is 1.95. The van der Waals surface area contributed by atoms with E-state index in [9.17, 15) is 13.2 Å². The fourth-order valence-electron chi connectivity index (χ4n) is 1.11. The van der Waals surface area contributed by atoms with E-state index in [2.05, 4.69) is 9.97 Å². The van der Waals surface area contributed by atoms with Crippen LogP contribution in [0.1, 0.15) is 17.7 Å². The van der Waals surface area contributed by atoms with E-state index in [4.69, 9.17) is 11.5 Å². The van der Waals surface area contributed by atoms with E-state index >= 15 is 0 Å². The molecule has 0 amide bonds. The molecule has 0 bridgehead atoms. The lowest BCUT2D eigenvalue weighted by atomic mass is 10.1. The lowest BCUT2D eigenvalue weighted by Gasteiger charge is -2.09. The SMILES string of the molecule is Cc1c(N)nc(N)nc1CCC(F)(F)F. The van der Waals surface area contributed by atoms with Crippen molar-refractivity contribution < 1.29 is 13.2 Å². The molecule has 0 spiro atoms. The van der Waals surface area contributed by atoms with E-state index in [1.54, 1.807) is 6.92 Å². The molecule has 0 saturated carbocycles. The number of anilines is 2. The first-order valence-corrected chi connectivity index (χ1v) is 4.25. The molecular formula is C8H11F3N4.